The Morgan fingerprint density at radius 3 is 1.37 bits per heavy atom. The van der Waals surface area contributed by atoms with Crippen molar-refractivity contribution >= 4 is 35.5 Å². The molecule has 5 amide bonds. The predicted molar refractivity (Wildman–Crippen MR) is 231 cm³/mol. The highest BCUT2D eigenvalue weighted by molar-refractivity contribution is 5.90. The lowest BCUT2D eigenvalue weighted by atomic mass is 10.1. The van der Waals surface area contributed by atoms with Gasteiger partial charge in [-0.2, -0.15) is 8.78 Å². The first kappa shape index (κ1) is 61.4. The Hall–Kier alpha value is -4.63. The molecule has 0 heterocycles. The second kappa shape index (κ2) is 40.3. The highest BCUT2D eigenvalue weighted by Gasteiger charge is 2.28. The van der Waals surface area contributed by atoms with E-state index in [2.05, 4.69) is 31.3 Å². The summed E-state index contributed by atoms with van der Waals surface area (Å²) < 4.78 is 113. The number of rotatable bonds is 43. The predicted octanol–water partition coefficient (Wildman–Crippen LogP) is 1.53. The summed E-state index contributed by atoms with van der Waals surface area (Å²) in [6.45, 7) is 8.20. The lowest BCUT2D eigenvalue weighted by Gasteiger charge is -2.19. The molecule has 0 fully saturated rings. The van der Waals surface area contributed by atoms with E-state index < -0.39 is 71.0 Å². The molecular weight excluding hydrogens is 921 g/mol. The fraction of sp³-hybridized carbons (Fsp3) is 0.721. The molecule has 0 saturated carbocycles. The van der Waals surface area contributed by atoms with Gasteiger partial charge in [0.05, 0.1) is 105 Å². The number of benzene rings is 1. The van der Waals surface area contributed by atoms with Crippen molar-refractivity contribution in [2.75, 3.05) is 132 Å². The van der Waals surface area contributed by atoms with Crippen LogP contribution in [0, 0.1) is 29.1 Å². The van der Waals surface area contributed by atoms with Gasteiger partial charge >= 0.3 is 5.97 Å². The summed E-state index contributed by atoms with van der Waals surface area (Å²) in [7, 11) is 0. The zero-order chi connectivity index (χ0) is 50.2. The zero-order valence-electron chi connectivity index (χ0n) is 38.9. The molecule has 0 radical (unpaired) electrons. The topological polar surface area (TPSA) is 246 Å². The molecule has 1 rings (SSSR count). The second-order valence-corrected chi connectivity index (χ2v) is 14.2. The molecule has 20 nitrogen and oxygen atoms in total. The summed E-state index contributed by atoms with van der Waals surface area (Å²) >= 11 is 0. The van der Waals surface area contributed by atoms with E-state index in [-0.39, 0.29) is 123 Å². The van der Waals surface area contributed by atoms with Gasteiger partial charge in [0.2, 0.25) is 64.4 Å². The Labute approximate surface area is 393 Å². The van der Waals surface area contributed by atoms with Gasteiger partial charge in [0.15, 0.2) is 0 Å². The summed E-state index contributed by atoms with van der Waals surface area (Å²) in [4.78, 5) is 74.2. The first-order valence-corrected chi connectivity index (χ1v) is 22.5. The average Bonchev–Trinajstić information content (AvgIpc) is 3.32. The molecule has 25 heteroatoms. The van der Waals surface area contributed by atoms with E-state index in [1.165, 1.54) is 0 Å². The number of carbonyl (C=O) groups is 6. The van der Waals surface area contributed by atoms with Crippen LogP contribution in [0.1, 0.15) is 65.2 Å². The number of esters is 1. The smallest absolute Gasteiger partial charge is 0.313 e. The number of halogens is 5. The van der Waals surface area contributed by atoms with Gasteiger partial charge < -0.3 is 69.2 Å². The van der Waals surface area contributed by atoms with E-state index in [9.17, 15) is 50.7 Å². The molecule has 0 saturated heterocycles. The number of carbonyl (C=O) groups excluding carboxylic acids is 6. The molecule has 0 unspecified atom stereocenters. The van der Waals surface area contributed by atoms with Crippen LogP contribution in [0.15, 0.2) is 0 Å². The molecule has 68 heavy (non-hydrogen) atoms. The Bertz CT molecular complexity index is 1590. The summed E-state index contributed by atoms with van der Waals surface area (Å²) in [6, 6.07) is -0.957. The largest absolute Gasteiger partial charge is 0.420 e. The van der Waals surface area contributed by atoms with Crippen molar-refractivity contribution in [1.82, 2.24) is 26.6 Å². The molecular formula is C43H68F5N5O15. The van der Waals surface area contributed by atoms with Gasteiger partial charge in [-0.3, -0.25) is 28.8 Å². The Morgan fingerprint density at radius 2 is 0.853 bits per heavy atom. The van der Waals surface area contributed by atoms with Crippen molar-refractivity contribution in [3.63, 3.8) is 0 Å². The van der Waals surface area contributed by atoms with E-state index in [4.69, 9.17) is 37.9 Å². The van der Waals surface area contributed by atoms with Gasteiger partial charge in [-0.25, -0.2) is 13.2 Å². The van der Waals surface area contributed by atoms with Crippen LogP contribution in [0.2, 0.25) is 0 Å². The van der Waals surface area contributed by atoms with Crippen LogP contribution >= 0.6 is 0 Å². The minimum atomic E-state index is -2.38. The number of nitrogens with one attached hydrogen (secondary N) is 5. The highest BCUT2D eigenvalue weighted by atomic mass is 19.2. The molecule has 1 aromatic rings. The number of unbranched alkanes of at least 4 members (excludes halogenated alkanes) is 1. The van der Waals surface area contributed by atoms with Gasteiger partial charge in [-0.15, -0.1) is 0 Å². The number of hydrogen-bond donors (Lipinski definition) is 5. The molecule has 0 aliphatic heterocycles. The number of ether oxygens (including phenoxy) is 9. The van der Waals surface area contributed by atoms with E-state index in [1.807, 2.05) is 13.8 Å². The first-order valence-electron chi connectivity index (χ1n) is 22.5. The van der Waals surface area contributed by atoms with Crippen LogP contribution in [-0.2, 0) is 66.7 Å². The van der Waals surface area contributed by atoms with Gasteiger partial charge in [0.1, 0.15) is 6.04 Å². The van der Waals surface area contributed by atoms with Crippen molar-refractivity contribution in [3.05, 3.63) is 29.1 Å². The van der Waals surface area contributed by atoms with E-state index in [0.29, 0.717) is 65.4 Å². The van der Waals surface area contributed by atoms with Crippen LogP contribution in [0.3, 0.4) is 0 Å². The molecule has 1 atom stereocenters. The van der Waals surface area contributed by atoms with Gasteiger partial charge in [-0.05, 0) is 39.5 Å². The van der Waals surface area contributed by atoms with Crippen molar-refractivity contribution in [3.8, 4) is 5.75 Å². The average molecular weight is 990 g/mol. The van der Waals surface area contributed by atoms with E-state index in [1.54, 1.807) is 0 Å². The third-order valence-electron chi connectivity index (χ3n) is 8.84. The maximum absolute atomic E-state index is 13.6. The second-order valence-electron chi connectivity index (χ2n) is 14.2. The van der Waals surface area contributed by atoms with Crippen LogP contribution in [-0.4, -0.2) is 173 Å². The zero-order valence-corrected chi connectivity index (χ0v) is 38.9. The third kappa shape index (κ3) is 30.7. The standard InChI is InChI=1S/C43H68F5N5O15/c1-3-60-20-22-62-16-10-32(54)49-13-6-5-8-31(53-34(56)9-7-14-50-33(55)11-17-63-23-21-61-4-2)43(59)52-30-35(57)51-15-19-65-25-27-67-29-28-66-26-24-64-18-12-36(58)68-42-40(47)38(45)37(44)39(46)41(42)48/h31H,3-30H2,1-2H3,(H,49,54)(H,50,55)(H,51,57)(H,52,59)(H,53,56)/t31-/m0/s1. The monoisotopic (exact) mass is 989 g/mol. The SMILES string of the molecule is CCOCCOCCC(=O)NCCCC[C@H](NC(=O)CCCNC(=O)CCOCCOCC)C(=O)NCC(=O)NCCOCCOCCOCCOCCC(=O)Oc1c(F)c(F)c(F)c(F)c1F. The van der Waals surface area contributed by atoms with Crippen LogP contribution in [0.4, 0.5) is 22.0 Å². The Morgan fingerprint density at radius 1 is 0.426 bits per heavy atom. The third-order valence-corrected chi connectivity index (χ3v) is 8.84. The fourth-order valence-corrected chi connectivity index (χ4v) is 5.32. The van der Waals surface area contributed by atoms with Crippen molar-refractivity contribution < 1.29 is 93.4 Å². The first-order chi connectivity index (χ1) is 32.8. The van der Waals surface area contributed by atoms with E-state index in [0.717, 1.165) is 0 Å². The molecule has 390 valence electrons. The number of amides is 5. The minimum absolute atomic E-state index is 0.0129. The van der Waals surface area contributed by atoms with Gasteiger partial charge in [0.25, 0.3) is 0 Å². The summed E-state index contributed by atoms with van der Waals surface area (Å²) in [5.41, 5.74) is 0. The molecule has 5 N–H and O–H groups in total. The van der Waals surface area contributed by atoms with Crippen molar-refractivity contribution in [2.24, 2.45) is 0 Å². The summed E-state index contributed by atoms with van der Waals surface area (Å²) in [5, 5.41) is 13.4. The Balaban J connectivity index is 2.27. The van der Waals surface area contributed by atoms with Crippen LogP contribution in [0.25, 0.3) is 0 Å². The fourth-order valence-electron chi connectivity index (χ4n) is 5.32. The molecule has 0 aliphatic rings. The van der Waals surface area contributed by atoms with Crippen molar-refractivity contribution in [2.45, 2.75) is 71.3 Å². The molecule has 0 aromatic heterocycles. The highest BCUT2D eigenvalue weighted by Crippen LogP contribution is 2.29. The normalized spacial score (nSPS) is 11.5. The molecule has 0 bridgehead atoms. The quantitative estimate of drug-likeness (QED) is 0.0156. The summed E-state index contributed by atoms with van der Waals surface area (Å²) in [5.74, 6) is -16.2. The Kier molecular flexibility index (Phi) is 36.4. The minimum Gasteiger partial charge on any atom is -0.420 e. The number of hydrogen-bond acceptors (Lipinski definition) is 15. The summed E-state index contributed by atoms with van der Waals surface area (Å²) in [6.07, 6.45) is 1.41. The maximum atomic E-state index is 13.6. The maximum Gasteiger partial charge on any atom is 0.313 e. The molecule has 0 aliphatic carbocycles. The lowest BCUT2D eigenvalue weighted by Crippen LogP contribution is -2.49. The molecule has 1 aromatic carbocycles. The van der Waals surface area contributed by atoms with Crippen molar-refractivity contribution in [1.29, 1.82) is 0 Å². The van der Waals surface area contributed by atoms with E-state index >= 15 is 0 Å². The van der Waals surface area contributed by atoms with Gasteiger partial charge in [0, 0.05) is 52.1 Å². The van der Waals surface area contributed by atoms with Gasteiger partial charge in [-0.1, -0.05) is 0 Å². The lowest BCUT2D eigenvalue weighted by molar-refractivity contribution is -0.136. The molecule has 0 spiro atoms. The van der Waals surface area contributed by atoms with Crippen LogP contribution < -0.4 is 31.3 Å². The van der Waals surface area contributed by atoms with Crippen LogP contribution in [0.5, 0.6) is 5.75 Å².